The van der Waals surface area contributed by atoms with Crippen LogP contribution < -0.4 is 5.73 Å². The molecule has 2 aromatic carbocycles. The Balaban J connectivity index is 0.00000184. The molecule has 2 N–H and O–H groups in total. The van der Waals surface area contributed by atoms with Crippen LogP contribution in [0.2, 0.25) is 0 Å². The van der Waals surface area contributed by atoms with Gasteiger partial charge in [0.1, 0.15) is 19.0 Å². The van der Waals surface area contributed by atoms with E-state index >= 15 is 0 Å². The maximum atomic E-state index is 12.2. The molecule has 0 aliphatic heterocycles. The van der Waals surface area contributed by atoms with E-state index in [0.717, 1.165) is 197 Å². The van der Waals surface area contributed by atoms with Crippen molar-refractivity contribution in [1.29, 1.82) is 0 Å². The second-order valence-corrected chi connectivity index (χ2v) is 31.5. The zero-order valence-electron chi connectivity index (χ0n) is 71.6. The molecule has 0 fully saturated rings. The minimum atomic E-state index is -0.146. The first-order valence-corrected chi connectivity index (χ1v) is 45.4. The average Bonchev–Trinajstić information content (AvgIpc) is 0.991. The zero-order valence-corrected chi connectivity index (χ0v) is 71.6. The van der Waals surface area contributed by atoms with Gasteiger partial charge in [0.25, 0.3) is 0 Å². The monoisotopic (exact) mass is 1530 g/mol. The summed E-state index contributed by atoms with van der Waals surface area (Å²) in [7, 11) is 0. The molecule has 14 nitrogen and oxygen atoms in total. The highest BCUT2D eigenvalue weighted by molar-refractivity contribution is 5.78. The third-order valence-corrected chi connectivity index (χ3v) is 21.6. The van der Waals surface area contributed by atoms with Crippen LogP contribution in [0.25, 0.3) is 0 Å². The molecule has 0 saturated carbocycles. The lowest BCUT2D eigenvalue weighted by molar-refractivity contribution is -0.146. The minimum Gasteiger partial charge on any atom is -0.465 e. The molecule has 0 amide bonds. The molecular formula is C95H167NO13. The smallest absolute Gasteiger partial charge is 0.306 e. The van der Waals surface area contributed by atoms with Gasteiger partial charge in [-0.15, -0.1) is 0 Å². The van der Waals surface area contributed by atoms with Crippen molar-refractivity contribution in [2.45, 2.75) is 428 Å². The Morgan fingerprint density at radius 2 is 0.459 bits per heavy atom. The lowest BCUT2D eigenvalue weighted by Crippen LogP contribution is -2.13. The second kappa shape index (κ2) is 79.5. The Morgan fingerprint density at radius 1 is 0.248 bits per heavy atom. The first-order chi connectivity index (χ1) is 53.2. The van der Waals surface area contributed by atoms with Crippen LogP contribution in [0.3, 0.4) is 0 Å². The summed E-state index contributed by atoms with van der Waals surface area (Å²) in [5.74, 6) is 2.85. The molecule has 0 aliphatic carbocycles. The molecule has 0 aromatic heterocycles. The van der Waals surface area contributed by atoms with Crippen molar-refractivity contribution in [3.63, 3.8) is 0 Å². The Bertz CT molecular complexity index is 2290. The van der Waals surface area contributed by atoms with Crippen molar-refractivity contribution in [2.75, 3.05) is 33.0 Å². The Hall–Kier alpha value is -5.11. The van der Waals surface area contributed by atoms with Crippen LogP contribution in [0.1, 0.15) is 426 Å². The number of rotatable bonds is 74. The highest BCUT2D eigenvalue weighted by Crippen LogP contribution is 2.26. The second-order valence-electron chi connectivity index (χ2n) is 31.5. The van der Waals surface area contributed by atoms with E-state index in [1.54, 1.807) is 0 Å². The van der Waals surface area contributed by atoms with Gasteiger partial charge in [0, 0.05) is 51.4 Å². The molecule has 4 atom stereocenters. The van der Waals surface area contributed by atoms with E-state index in [4.69, 9.17) is 34.2 Å². The molecule has 14 heteroatoms. The Morgan fingerprint density at radius 3 is 0.706 bits per heavy atom. The summed E-state index contributed by atoms with van der Waals surface area (Å²) in [5, 5.41) is 0. The summed E-state index contributed by atoms with van der Waals surface area (Å²) < 4.78 is 32.6. The summed E-state index contributed by atoms with van der Waals surface area (Å²) in [6.45, 7) is 21.2. The lowest BCUT2D eigenvalue weighted by atomic mass is 9.89. The fourth-order valence-corrected chi connectivity index (χ4v) is 13.6. The zero-order chi connectivity index (χ0) is 79.9. The number of ether oxygens (including phenoxy) is 6. The number of esters is 6. The predicted molar refractivity (Wildman–Crippen MR) is 452 cm³/mol. The number of benzene rings is 2. The molecule has 630 valence electrons. The first kappa shape index (κ1) is 104. The van der Waals surface area contributed by atoms with Crippen molar-refractivity contribution in [3.8, 4) is 0 Å². The summed E-state index contributed by atoms with van der Waals surface area (Å²) >= 11 is 0. The third-order valence-electron chi connectivity index (χ3n) is 21.6. The molecule has 0 spiro atoms. The van der Waals surface area contributed by atoms with Crippen LogP contribution in [0.5, 0.6) is 0 Å². The molecule has 0 aliphatic rings. The van der Waals surface area contributed by atoms with Crippen molar-refractivity contribution in [2.24, 2.45) is 35.3 Å². The summed E-state index contributed by atoms with van der Waals surface area (Å²) in [6, 6.07) is 19.6. The van der Waals surface area contributed by atoms with E-state index in [2.05, 4.69) is 55.4 Å². The topological polar surface area (TPSA) is 201 Å². The highest BCUT2D eigenvalue weighted by Gasteiger charge is 2.16. The quantitative estimate of drug-likeness (QED) is 0.0372. The fourth-order valence-electron chi connectivity index (χ4n) is 13.6. The van der Waals surface area contributed by atoms with Gasteiger partial charge in [-0.3, -0.25) is 33.6 Å². The number of carbonyl (C=O) groups excluding carboxylic acids is 7. The van der Waals surface area contributed by atoms with Gasteiger partial charge in [0.15, 0.2) is 0 Å². The molecule has 4 unspecified atom stereocenters. The van der Waals surface area contributed by atoms with Crippen LogP contribution in [0, 0.1) is 29.6 Å². The molecule has 0 saturated heterocycles. The molecule has 2 rings (SSSR count). The summed E-state index contributed by atoms with van der Waals surface area (Å²) in [5.41, 5.74) is 7.38. The number of nitrogens with two attached hydrogens (primary N) is 1. The van der Waals surface area contributed by atoms with Crippen LogP contribution in [-0.2, 0) is 75.2 Å². The van der Waals surface area contributed by atoms with Gasteiger partial charge in [-0.1, -0.05) is 341 Å². The van der Waals surface area contributed by atoms with Gasteiger partial charge in [0.05, 0.1) is 26.4 Å². The van der Waals surface area contributed by atoms with Gasteiger partial charge in [0.2, 0.25) is 0 Å². The van der Waals surface area contributed by atoms with Crippen molar-refractivity contribution in [1.82, 2.24) is 0 Å². The molecule has 109 heavy (non-hydrogen) atoms. The standard InChI is InChI=1S/C48H84O6.C35H66O5.C12H17NO2/c1-5-9-29-42(7-3)39-52-46(49)36-26-17-13-11-15-21-31-44(33-23-20-28-38-48(51)54-41-45-34-24-19-25-35-45)32-22-16-12-14-18-27-37-47(50)53-40-43(8-4)30-10-6-2;1-5-9-23-31(7-3)29-39-34(37)27-21-17-13-11-15-19-25-33(36)26-20-16-12-14-18-22-28-35(38)40-30-32(8-4)24-10-6-2;13-9-5-4-8-12(14)15-10-11-6-2-1-3-7-11/h19,24-25,34-35,42-44H,5-18,20-23,26-33,36-41H2,1-4H3;31-32H,5-30H2,1-4H3;1-3,6-7H,4-5,8-10,13H2. The van der Waals surface area contributed by atoms with E-state index < -0.39 is 0 Å². The maximum Gasteiger partial charge on any atom is 0.306 e. The van der Waals surface area contributed by atoms with Crippen LogP contribution >= 0.6 is 0 Å². The summed E-state index contributed by atoms with van der Waals surface area (Å²) in [4.78, 5) is 83.9. The number of carbonyl (C=O) groups is 7. The van der Waals surface area contributed by atoms with Crippen molar-refractivity contribution in [3.05, 3.63) is 71.8 Å². The van der Waals surface area contributed by atoms with Crippen molar-refractivity contribution < 1.29 is 62.0 Å². The number of hydrogen-bond donors (Lipinski definition) is 1. The third kappa shape index (κ3) is 70.5. The van der Waals surface area contributed by atoms with E-state index in [1.165, 1.54) is 128 Å². The van der Waals surface area contributed by atoms with Gasteiger partial charge in [-0.2, -0.15) is 0 Å². The minimum absolute atomic E-state index is 0.0184. The van der Waals surface area contributed by atoms with E-state index in [1.807, 2.05) is 60.7 Å². The van der Waals surface area contributed by atoms with Gasteiger partial charge in [-0.05, 0) is 131 Å². The van der Waals surface area contributed by atoms with E-state index in [9.17, 15) is 33.6 Å². The van der Waals surface area contributed by atoms with Gasteiger partial charge in [-0.25, -0.2) is 0 Å². The van der Waals surface area contributed by atoms with Crippen molar-refractivity contribution >= 4 is 41.6 Å². The molecule has 2 aromatic rings. The van der Waals surface area contributed by atoms with E-state index in [-0.39, 0.29) is 35.8 Å². The summed E-state index contributed by atoms with van der Waals surface area (Å²) in [6.07, 6.45) is 58.6. The number of hydrogen-bond acceptors (Lipinski definition) is 14. The SMILES string of the molecule is CCCCC(CC)COC(=O)CCCCCCCCC(=O)CCCCCCCCC(=O)OCC(CC)CCCC.CCCCC(CC)COC(=O)CCCCCCCCC(CCCCCCCCC(=O)OCC(CC)CCCC)CCCCCC(=O)OCc1ccccc1.NCCCCC(=O)OCc1ccccc1. The predicted octanol–water partition coefficient (Wildman–Crippen LogP) is 26.2. The van der Waals surface area contributed by atoms with Gasteiger partial charge < -0.3 is 34.2 Å². The average molecular weight is 1530 g/mol. The first-order valence-electron chi connectivity index (χ1n) is 45.4. The molecule has 0 bridgehead atoms. The van der Waals surface area contributed by atoms with Crippen LogP contribution in [-0.4, -0.2) is 74.6 Å². The normalized spacial score (nSPS) is 12.4. The number of unbranched alkanes of at least 4 members (excludes halogenated alkanes) is 27. The van der Waals surface area contributed by atoms with E-state index in [0.29, 0.717) is 127 Å². The maximum absolute atomic E-state index is 12.2. The number of Topliss-reactive ketones (excluding diaryl/α,β-unsaturated/α-hetero) is 1. The Kier molecular flexibility index (Phi) is 75.8. The molecule has 0 radical (unpaired) electrons. The fraction of sp³-hybridized carbons (Fsp3) is 0.800. The molecule has 0 heterocycles. The lowest BCUT2D eigenvalue weighted by Gasteiger charge is -2.17. The molecular weight excluding hydrogens is 1360 g/mol. The van der Waals surface area contributed by atoms with Crippen LogP contribution in [0.4, 0.5) is 0 Å². The Labute approximate surface area is 668 Å². The number of ketones is 1. The van der Waals surface area contributed by atoms with Crippen LogP contribution in [0.15, 0.2) is 60.7 Å². The highest BCUT2D eigenvalue weighted by atomic mass is 16.6. The largest absolute Gasteiger partial charge is 0.465 e. The van der Waals surface area contributed by atoms with Gasteiger partial charge >= 0.3 is 35.8 Å².